The SMILES string of the molecule is [NH3+][C@@H](CCSC(F)(F)F)C(=O)NCc1ccccc1. The summed E-state index contributed by atoms with van der Waals surface area (Å²) in [6.45, 7) is 0.359. The molecule has 0 fully saturated rings. The van der Waals surface area contributed by atoms with Crippen LogP contribution in [0.3, 0.4) is 0 Å². The molecule has 0 aliphatic heterocycles. The minimum absolute atomic E-state index is 0.102. The van der Waals surface area contributed by atoms with Gasteiger partial charge in [0.1, 0.15) is 0 Å². The topological polar surface area (TPSA) is 56.7 Å². The van der Waals surface area contributed by atoms with Gasteiger partial charge < -0.3 is 11.1 Å². The average Bonchev–Trinajstić information content (AvgIpc) is 2.35. The lowest BCUT2D eigenvalue weighted by Gasteiger charge is -2.10. The summed E-state index contributed by atoms with van der Waals surface area (Å²) < 4.78 is 35.8. The molecule has 4 N–H and O–H groups in total. The van der Waals surface area contributed by atoms with Crippen LogP contribution in [0.1, 0.15) is 12.0 Å². The monoisotopic (exact) mass is 293 g/mol. The Labute approximate surface area is 113 Å². The molecule has 0 bridgehead atoms. The third-order valence-corrected chi connectivity index (χ3v) is 3.18. The van der Waals surface area contributed by atoms with Crippen LogP contribution in [0.25, 0.3) is 0 Å². The predicted octanol–water partition coefficient (Wildman–Crippen LogP) is 1.56. The van der Waals surface area contributed by atoms with Gasteiger partial charge in [-0.05, 0) is 5.56 Å². The van der Waals surface area contributed by atoms with Crippen LogP contribution in [0.5, 0.6) is 0 Å². The fourth-order valence-corrected chi connectivity index (χ4v) is 2.01. The van der Waals surface area contributed by atoms with Gasteiger partial charge in [-0.2, -0.15) is 13.2 Å². The Kier molecular flexibility index (Phi) is 6.17. The Balaban J connectivity index is 2.25. The van der Waals surface area contributed by atoms with Crippen molar-refractivity contribution in [1.29, 1.82) is 0 Å². The number of quaternary nitrogens is 1. The van der Waals surface area contributed by atoms with Gasteiger partial charge in [0.25, 0.3) is 5.91 Å². The second kappa shape index (κ2) is 7.40. The van der Waals surface area contributed by atoms with Crippen LogP contribution in [0.2, 0.25) is 0 Å². The van der Waals surface area contributed by atoms with Crippen LogP contribution < -0.4 is 11.1 Å². The number of alkyl halides is 3. The summed E-state index contributed by atoms with van der Waals surface area (Å²) in [4.78, 5) is 11.6. The Bertz CT molecular complexity index is 398. The summed E-state index contributed by atoms with van der Waals surface area (Å²) >= 11 is -0.126. The van der Waals surface area contributed by atoms with Gasteiger partial charge in [-0.25, -0.2) is 0 Å². The van der Waals surface area contributed by atoms with Crippen LogP contribution in [0, 0.1) is 0 Å². The van der Waals surface area contributed by atoms with E-state index in [1.54, 1.807) is 0 Å². The Morgan fingerprint density at radius 1 is 1.32 bits per heavy atom. The van der Waals surface area contributed by atoms with E-state index in [4.69, 9.17) is 0 Å². The van der Waals surface area contributed by atoms with Crippen molar-refractivity contribution in [2.45, 2.75) is 24.5 Å². The van der Waals surface area contributed by atoms with E-state index >= 15 is 0 Å². The van der Waals surface area contributed by atoms with E-state index in [1.165, 1.54) is 0 Å². The van der Waals surface area contributed by atoms with Crippen molar-refractivity contribution in [1.82, 2.24) is 5.32 Å². The largest absolute Gasteiger partial charge is 0.441 e. The third-order valence-electron chi connectivity index (χ3n) is 2.41. The molecule has 0 aliphatic rings. The van der Waals surface area contributed by atoms with E-state index in [2.05, 4.69) is 11.1 Å². The van der Waals surface area contributed by atoms with Gasteiger partial charge >= 0.3 is 5.51 Å². The molecule has 0 saturated heterocycles. The standard InChI is InChI=1S/C12H15F3N2OS/c13-12(14,15)19-7-6-10(16)11(18)17-8-9-4-2-1-3-5-9/h1-5,10H,6-8,16H2,(H,17,18)/p+1/t10-/m0/s1. The van der Waals surface area contributed by atoms with E-state index in [0.29, 0.717) is 6.54 Å². The highest BCUT2D eigenvalue weighted by Crippen LogP contribution is 2.30. The van der Waals surface area contributed by atoms with Crippen molar-refractivity contribution in [2.75, 3.05) is 5.75 Å². The Morgan fingerprint density at radius 2 is 1.95 bits per heavy atom. The first-order valence-electron chi connectivity index (χ1n) is 5.74. The van der Waals surface area contributed by atoms with Crippen LogP contribution >= 0.6 is 11.8 Å². The van der Waals surface area contributed by atoms with Gasteiger partial charge in [-0.1, -0.05) is 42.1 Å². The van der Waals surface area contributed by atoms with Crippen molar-refractivity contribution >= 4 is 17.7 Å². The fraction of sp³-hybridized carbons (Fsp3) is 0.417. The molecule has 106 valence electrons. The first kappa shape index (κ1) is 15.8. The van der Waals surface area contributed by atoms with Gasteiger partial charge in [0.2, 0.25) is 0 Å². The van der Waals surface area contributed by atoms with Crippen molar-refractivity contribution in [2.24, 2.45) is 0 Å². The van der Waals surface area contributed by atoms with Gasteiger partial charge in [-0.3, -0.25) is 4.79 Å². The maximum Gasteiger partial charge on any atom is 0.441 e. The van der Waals surface area contributed by atoms with E-state index in [-0.39, 0.29) is 29.8 Å². The molecule has 0 radical (unpaired) electrons. The first-order chi connectivity index (χ1) is 8.88. The minimum atomic E-state index is -4.25. The summed E-state index contributed by atoms with van der Waals surface area (Å²) in [7, 11) is 0. The second-order valence-corrected chi connectivity index (χ2v) is 5.14. The fourth-order valence-electron chi connectivity index (χ4n) is 1.38. The zero-order chi connectivity index (χ0) is 14.3. The van der Waals surface area contributed by atoms with Crippen LogP contribution in [0.15, 0.2) is 30.3 Å². The van der Waals surface area contributed by atoms with Gasteiger partial charge in [0.05, 0.1) is 0 Å². The zero-order valence-electron chi connectivity index (χ0n) is 10.2. The normalized spacial score (nSPS) is 13.1. The van der Waals surface area contributed by atoms with Crippen molar-refractivity contribution in [3.05, 3.63) is 35.9 Å². The average molecular weight is 293 g/mol. The lowest BCUT2D eigenvalue weighted by molar-refractivity contribution is -0.404. The summed E-state index contributed by atoms with van der Waals surface area (Å²) in [5, 5.41) is 2.65. The molecule has 0 unspecified atom stereocenters. The number of carbonyl (C=O) groups excluding carboxylic acids is 1. The second-order valence-electron chi connectivity index (χ2n) is 3.98. The van der Waals surface area contributed by atoms with Crippen LogP contribution in [-0.4, -0.2) is 23.2 Å². The summed E-state index contributed by atoms with van der Waals surface area (Å²) in [6.07, 6.45) is 0.102. The highest BCUT2D eigenvalue weighted by Gasteiger charge is 2.29. The quantitative estimate of drug-likeness (QED) is 0.836. The summed E-state index contributed by atoms with van der Waals surface area (Å²) in [5.41, 5.74) is 0.265. The molecule has 1 amide bonds. The predicted molar refractivity (Wildman–Crippen MR) is 68.1 cm³/mol. The smallest absolute Gasteiger partial charge is 0.347 e. The maximum absolute atomic E-state index is 11.9. The molecule has 0 aliphatic carbocycles. The zero-order valence-corrected chi connectivity index (χ0v) is 11.1. The van der Waals surface area contributed by atoms with Crippen molar-refractivity contribution in [3.8, 4) is 0 Å². The molecule has 0 spiro atoms. The Morgan fingerprint density at radius 3 is 2.53 bits per heavy atom. The highest BCUT2D eigenvalue weighted by molar-refractivity contribution is 8.00. The molecule has 1 aromatic carbocycles. The number of benzene rings is 1. The molecule has 0 saturated carbocycles. The molecule has 3 nitrogen and oxygen atoms in total. The van der Waals surface area contributed by atoms with E-state index in [1.807, 2.05) is 30.3 Å². The maximum atomic E-state index is 11.9. The highest BCUT2D eigenvalue weighted by atomic mass is 32.2. The van der Waals surface area contributed by atoms with Gasteiger partial charge in [-0.15, -0.1) is 0 Å². The minimum Gasteiger partial charge on any atom is -0.347 e. The number of thioether (sulfide) groups is 1. The summed E-state index contributed by atoms with van der Waals surface area (Å²) in [6, 6.07) is 8.62. The number of carbonyl (C=O) groups is 1. The molecule has 0 heterocycles. The lowest BCUT2D eigenvalue weighted by Crippen LogP contribution is -2.67. The molecular formula is C12H16F3N2OS+. The van der Waals surface area contributed by atoms with E-state index in [9.17, 15) is 18.0 Å². The summed E-state index contributed by atoms with van der Waals surface area (Å²) in [5.74, 6) is -0.484. The molecule has 0 aromatic heterocycles. The van der Waals surface area contributed by atoms with Crippen LogP contribution in [-0.2, 0) is 11.3 Å². The number of halogens is 3. The number of rotatable bonds is 6. The van der Waals surface area contributed by atoms with Crippen molar-refractivity contribution < 1.29 is 23.7 Å². The number of hydrogen-bond donors (Lipinski definition) is 2. The Hall–Kier alpha value is -1.21. The molecular weight excluding hydrogens is 277 g/mol. The number of amides is 1. The van der Waals surface area contributed by atoms with Gasteiger partial charge in [0, 0.05) is 18.7 Å². The molecule has 19 heavy (non-hydrogen) atoms. The van der Waals surface area contributed by atoms with Crippen LogP contribution in [0.4, 0.5) is 13.2 Å². The van der Waals surface area contributed by atoms with Gasteiger partial charge in [0.15, 0.2) is 6.04 Å². The third kappa shape index (κ3) is 7.07. The number of nitrogens with one attached hydrogen (secondary N) is 1. The lowest BCUT2D eigenvalue weighted by atomic mass is 10.2. The van der Waals surface area contributed by atoms with Crippen molar-refractivity contribution in [3.63, 3.8) is 0 Å². The van der Waals surface area contributed by atoms with E-state index in [0.717, 1.165) is 5.56 Å². The molecule has 7 heteroatoms. The molecule has 1 aromatic rings. The molecule has 1 rings (SSSR count). The molecule has 1 atom stereocenters. The van der Waals surface area contributed by atoms with E-state index < -0.39 is 11.6 Å². The number of hydrogen-bond acceptors (Lipinski definition) is 2. The first-order valence-corrected chi connectivity index (χ1v) is 6.72.